The van der Waals surface area contributed by atoms with Crippen molar-refractivity contribution in [2.45, 2.75) is 26.2 Å². The van der Waals surface area contributed by atoms with E-state index in [2.05, 4.69) is 11.1 Å². The third kappa shape index (κ3) is 3.54. The summed E-state index contributed by atoms with van der Waals surface area (Å²) < 4.78 is 0. The zero-order valence-corrected chi connectivity index (χ0v) is 13.7. The fourth-order valence-corrected chi connectivity index (χ4v) is 3.52. The molecule has 4 heteroatoms. The number of hydrogen-bond acceptors (Lipinski definition) is 4. The minimum Gasteiger partial charge on any atom is -0.294 e. The largest absolute Gasteiger partial charge is 0.294 e. The van der Waals surface area contributed by atoms with E-state index in [1.807, 2.05) is 30.5 Å². The van der Waals surface area contributed by atoms with E-state index in [0.717, 1.165) is 11.1 Å². The molecule has 1 aliphatic rings. The van der Waals surface area contributed by atoms with Crippen LogP contribution in [0.5, 0.6) is 0 Å². The second kappa shape index (κ2) is 6.84. The van der Waals surface area contributed by atoms with Gasteiger partial charge in [0.05, 0.1) is 5.57 Å². The molecule has 0 saturated heterocycles. The summed E-state index contributed by atoms with van der Waals surface area (Å²) in [6.07, 6.45) is 8.38. The molecule has 116 valence electrons. The SMILES string of the molecule is Cc1ccsc1CCC(=O)C1=CC(c2ccncc2)=CCC1=O. The van der Waals surface area contributed by atoms with Crippen molar-refractivity contribution in [3.8, 4) is 0 Å². The number of pyridine rings is 1. The molecule has 3 nitrogen and oxygen atoms in total. The van der Waals surface area contributed by atoms with Crippen molar-refractivity contribution in [2.24, 2.45) is 0 Å². The summed E-state index contributed by atoms with van der Waals surface area (Å²) in [5.74, 6) is -0.154. The topological polar surface area (TPSA) is 47.0 Å². The van der Waals surface area contributed by atoms with Crippen molar-refractivity contribution >= 4 is 28.5 Å². The van der Waals surface area contributed by atoms with Gasteiger partial charge in [0.2, 0.25) is 0 Å². The molecule has 0 aromatic carbocycles. The van der Waals surface area contributed by atoms with E-state index < -0.39 is 0 Å². The molecule has 0 N–H and O–H groups in total. The molecule has 0 unspecified atom stereocenters. The molecular formula is C19H17NO2S. The number of allylic oxidation sites excluding steroid dienone is 4. The third-order valence-electron chi connectivity index (χ3n) is 3.97. The first-order valence-electron chi connectivity index (χ1n) is 7.57. The van der Waals surface area contributed by atoms with Crippen molar-refractivity contribution < 1.29 is 9.59 Å². The van der Waals surface area contributed by atoms with Gasteiger partial charge in [-0.25, -0.2) is 0 Å². The van der Waals surface area contributed by atoms with Crippen LogP contribution < -0.4 is 0 Å². The number of ketones is 2. The highest BCUT2D eigenvalue weighted by Gasteiger charge is 2.21. The summed E-state index contributed by atoms with van der Waals surface area (Å²) in [7, 11) is 0. The normalized spacial score (nSPS) is 14.4. The lowest BCUT2D eigenvalue weighted by Gasteiger charge is -2.12. The fraction of sp³-hybridized carbons (Fsp3) is 0.211. The van der Waals surface area contributed by atoms with Crippen LogP contribution in [0.25, 0.3) is 5.57 Å². The predicted octanol–water partition coefficient (Wildman–Crippen LogP) is 3.94. The smallest absolute Gasteiger partial charge is 0.170 e. The number of thiophene rings is 1. The van der Waals surface area contributed by atoms with Crippen molar-refractivity contribution in [3.05, 3.63) is 69.7 Å². The van der Waals surface area contributed by atoms with Crippen molar-refractivity contribution in [3.63, 3.8) is 0 Å². The van der Waals surface area contributed by atoms with Crippen LogP contribution in [0.15, 0.2) is 53.7 Å². The molecule has 2 aromatic heterocycles. The number of carbonyl (C=O) groups excluding carboxylic acids is 2. The Bertz CT molecular complexity index is 800. The summed E-state index contributed by atoms with van der Waals surface area (Å²) in [5.41, 5.74) is 3.44. The van der Waals surface area contributed by atoms with Crippen molar-refractivity contribution in [1.29, 1.82) is 0 Å². The van der Waals surface area contributed by atoms with Gasteiger partial charge < -0.3 is 0 Å². The highest BCUT2D eigenvalue weighted by atomic mass is 32.1. The van der Waals surface area contributed by atoms with Crippen molar-refractivity contribution in [1.82, 2.24) is 4.98 Å². The molecule has 0 fully saturated rings. The average Bonchev–Trinajstić information content (AvgIpc) is 2.99. The summed E-state index contributed by atoms with van der Waals surface area (Å²) in [6, 6.07) is 5.82. The fourth-order valence-electron chi connectivity index (χ4n) is 2.61. The Hall–Kier alpha value is -2.33. The number of rotatable bonds is 5. The highest BCUT2D eigenvalue weighted by Crippen LogP contribution is 2.25. The molecule has 0 bridgehead atoms. The lowest BCUT2D eigenvalue weighted by Crippen LogP contribution is -2.16. The predicted molar refractivity (Wildman–Crippen MR) is 92.3 cm³/mol. The van der Waals surface area contributed by atoms with Crippen molar-refractivity contribution in [2.75, 3.05) is 0 Å². The van der Waals surface area contributed by atoms with Gasteiger partial charge in [-0.1, -0.05) is 6.08 Å². The third-order valence-corrected chi connectivity index (χ3v) is 5.05. The van der Waals surface area contributed by atoms with E-state index in [4.69, 9.17) is 0 Å². The Morgan fingerprint density at radius 2 is 2.04 bits per heavy atom. The van der Waals surface area contributed by atoms with Crippen LogP contribution in [0.4, 0.5) is 0 Å². The summed E-state index contributed by atoms with van der Waals surface area (Å²) in [5, 5.41) is 2.03. The van der Waals surface area contributed by atoms with Crippen LogP contribution in [0.1, 0.15) is 28.8 Å². The molecule has 2 heterocycles. The lowest BCUT2D eigenvalue weighted by atomic mass is 9.90. The summed E-state index contributed by atoms with van der Waals surface area (Å²) in [4.78, 5) is 29.8. The van der Waals surface area contributed by atoms with Crippen LogP contribution in [0.3, 0.4) is 0 Å². The van der Waals surface area contributed by atoms with Crippen LogP contribution >= 0.6 is 11.3 Å². The number of Topliss-reactive ketones (excluding diaryl/α,β-unsaturated/α-hetero) is 2. The zero-order valence-electron chi connectivity index (χ0n) is 12.9. The Balaban J connectivity index is 1.76. The van der Waals surface area contributed by atoms with Gasteiger partial charge in [-0.3, -0.25) is 14.6 Å². The number of aromatic nitrogens is 1. The number of carbonyl (C=O) groups is 2. The summed E-state index contributed by atoms with van der Waals surface area (Å²) >= 11 is 1.66. The van der Waals surface area contributed by atoms with E-state index in [1.54, 1.807) is 29.8 Å². The molecule has 2 aromatic rings. The molecule has 0 atom stereocenters. The monoisotopic (exact) mass is 323 g/mol. The van der Waals surface area contributed by atoms with Gasteiger partial charge in [-0.2, -0.15) is 0 Å². The number of nitrogens with zero attached hydrogens (tertiary/aromatic N) is 1. The van der Waals surface area contributed by atoms with Gasteiger partial charge in [0.25, 0.3) is 0 Å². The molecule has 0 saturated carbocycles. The minimum atomic E-state index is -0.0873. The molecule has 0 amide bonds. The van der Waals surface area contributed by atoms with Gasteiger partial charge in [0.1, 0.15) is 0 Å². The van der Waals surface area contributed by atoms with Gasteiger partial charge >= 0.3 is 0 Å². The maximum atomic E-state index is 12.5. The van der Waals surface area contributed by atoms with E-state index in [1.165, 1.54) is 10.4 Å². The van der Waals surface area contributed by atoms with Gasteiger partial charge in [-0.05, 0) is 59.7 Å². The molecule has 23 heavy (non-hydrogen) atoms. The maximum Gasteiger partial charge on any atom is 0.170 e. The molecular weight excluding hydrogens is 306 g/mol. The quantitative estimate of drug-likeness (QED) is 0.783. The van der Waals surface area contributed by atoms with Gasteiger partial charge in [-0.15, -0.1) is 11.3 Å². The standard InChI is InChI=1S/C19H17NO2S/c1-13-8-11-23-19(13)5-4-18(22)16-12-15(2-3-17(16)21)14-6-9-20-10-7-14/h2,6-12H,3-5H2,1H3. The van der Waals surface area contributed by atoms with E-state index in [-0.39, 0.29) is 18.0 Å². The molecule has 1 aliphatic carbocycles. The second-order valence-electron chi connectivity index (χ2n) is 5.53. The Labute approximate surface area is 139 Å². The first kappa shape index (κ1) is 15.6. The summed E-state index contributed by atoms with van der Waals surface area (Å²) in [6.45, 7) is 2.05. The van der Waals surface area contributed by atoms with Crippen LogP contribution in [0.2, 0.25) is 0 Å². The average molecular weight is 323 g/mol. The second-order valence-corrected chi connectivity index (χ2v) is 6.53. The van der Waals surface area contributed by atoms with E-state index in [0.29, 0.717) is 18.4 Å². The first-order valence-corrected chi connectivity index (χ1v) is 8.45. The van der Waals surface area contributed by atoms with Gasteiger partial charge in [0.15, 0.2) is 11.6 Å². The van der Waals surface area contributed by atoms with Crippen LogP contribution in [-0.2, 0) is 16.0 Å². The van der Waals surface area contributed by atoms with E-state index >= 15 is 0 Å². The highest BCUT2D eigenvalue weighted by molar-refractivity contribution is 7.10. The first-order chi connectivity index (χ1) is 11.1. The lowest BCUT2D eigenvalue weighted by molar-refractivity contribution is -0.121. The molecule has 0 spiro atoms. The molecule has 0 aliphatic heterocycles. The Kier molecular flexibility index (Phi) is 4.63. The Morgan fingerprint density at radius 1 is 1.26 bits per heavy atom. The Morgan fingerprint density at radius 3 is 2.74 bits per heavy atom. The van der Waals surface area contributed by atoms with Crippen LogP contribution in [-0.4, -0.2) is 16.6 Å². The van der Waals surface area contributed by atoms with E-state index in [9.17, 15) is 9.59 Å². The van der Waals surface area contributed by atoms with Gasteiger partial charge in [0, 0.05) is 30.1 Å². The maximum absolute atomic E-state index is 12.5. The molecule has 3 rings (SSSR count). The zero-order chi connectivity index (χ0) is 16.2. The number of aryl methyl sites for hydroxylation is 2. The molecule has 0 radical (unpaired) electrons. The van der Waals surface area contributed by atoms with Crippen LogP contribution in [0, 0.1) is 6.92 Å². The number of hydrogen-bond donors (Lipinski definition) is 0. The minimum absolute atomic E-state index is 0.0672.